The molecule has 2 N–H and O–H groups in total. The molecule has 22 heavy (non-hydrogen) atoms. The van der Waals surface area contributed by atoms with Crippen LogP contribution in [0.5, 0.6) is 0 Å². The van der Waals surface area contributed by atoms with Gasteiger partial charge in [0.05, 0.1) is 5.92 Å². The fourth-order valence-electron chi connectivity index (χ4n) is 2.56. The highest BCUT2D eigenvalue weighted by Crippen LogP contribution is 2.19. The SMILES string of the molecule is CC(C)(C)OC(=O)N1CCCC(C(=O)NNC2=NCCC2)C1. The average molecular weight is 310 g/mol. The smallest absolute Gasteiger partial charge is 0.410 e. The molecule has 124 valence electrons. The first-order valence-electron chi connectivity index (χ1n) is 7.92. The molecule has 0 aromatic carbocycles. The van der Waals surface area contributed by atoms with Gasteiger partial charge in [-0.15, -0.1) is 0 Å². The molecule has 2 aliphatic heterocycles. The summed E-state index contributed by atoms with van der Waals surface area (Å²) in [6, 6.07) is 0. The summed E-state index contributed by atoms with van der Waals surface area (Å²) >= 11 is 0. The number of nitrogens with one attached hydrogen (secondary N) is 2. The molecule has 0 aromatic rings. The highest BCUT2D eigenvalue weighted by atomic mass is 16.6. The number of aliphatic imine (C=N–C) groups is 1. The number of piperidine rings is 1. The molecule has 0 aliphatic carbocycles. The molecule has 0 saturated carbocycles. The molecule has 0 spiro atoms. The van der Waals surface area contributed by atoms with Crippen LogP contribution in [0.3, 0.4) is 0 Å². The molecule has 1 fully saturated rings. The lowest BCUT2D eigenvalue weighted by atomic mass is 9.98. The number of amidine groups is 1. The van der Waals surface area contributed by atoms with Crippen LogP contribution in [0.25, 0.3) is 0 Å². The zero-order valence-corrected chi connectivity index (χ0v) is 13.6. The highest BCUT2D eigenvalue weighted by molar-refractivity contribution is 5.87. The Morgan fingerprint density at radius 1 is 1.32 bits per heavy atom. The Balaban J connectivity index is 1.81. The van der Waals surface area contributed by atoms with Crippen molar-refractivity contribution in [3.63, 3.8) is 0 Å². The number of likely N-dealkylation sites (tertiary alicyclic amines) is 1. The van der Waals surface area contributed by atoms with Gasteiger partial charge in [-0.25, -0.2) is 4.79 Å². The average Bonchev–Trinajstić information content (AvgIpc) is 2.96. The number of nitrogens with zero attached hydrogens (tertiary/aromatic N) is 2. The lowest BCUT2D eigenvalue weighted by molar-refractivity contribution is -0.127. The van der Waals surface area contributed by atoms with Gasteiger partial charge in [-0.3, -0.25) is 20.6 Å². The van der Waals surface area contributed by atoms with Crippen LogP contribution in [0.4, 0.5) is 4.79 Å². The molecular formula is C15H26N4O3. The summed E-state index contributed by atoms with van der Waals surface area (Å²) in [5.74, 6) is 0.520. The second-order valence-electron chi connectivity index (χ2n) is 6.81. The van der Waals surface area contributed by atoms with Gasteiger partial charge in [-0.2, -0.15) is 0 Å². The summed E-state index contributed by atoms with van der Waals surface area (Å²) in [5, 5.41) is 0. The van der Waals surface area contributed by atoms with Crippen molar-refractivity contribution in [3.8, 4) is 0 Å². The molecule has 2 amide bonds. The van der Waals surface area contributed by atoms with E-state index in [1.165, 1.54) is 0 Å². The van der Waals surface area contributed by atoms with Gasteiger partial charge in [0.25, 0.3) is 0 Å². The van der Waals surface area contributed by atoms with Crippen molar-refractivity contribution in [2.45, 2.75) is 52.1 Å². The van der Waals surface area contributed by atoms with Crippen LogP contribution in [0, 0.1) is 5.92 Å². The molecule has 7 heteroatoms. The quantitative estimate of drug-likeness (QED) is 0.718. The third-order valence-corrected chi connectivity index (χ3v) is 3.65. The zero-order chi connectivity index (χ0) is 16.2. The van der Waals surface area contributed by atoms with E-state index in [2.05, 4.69) is 15.8 Å². The second kappa shape index (κ2) is 6.98. The number of hydrogen-bond acceptors (Lipinski definition) is 5. The van der Waals surface area contributed by atoms with Crippen LogP contribution in [0.1, 0.15) is 46.5 Å². The standard InChI is InChI=1S/C15H26N4O3/c1-15(2,3)22-14(21)19-9-5-6-11(10-19)13(20)18-17-12-7-4-8-16-12/h11H,4-10H2,1-3H3,(H,16,17)(H,18,20). The predicted molar refractivity (Wildman–Crippen MR) is 83.3 cm³/mol. The Hall–Kier alpha value is -1.79. The Morgan fingerprint density at radius 3 is 2.73 bits per heavy atom. The van der Waals surface area contributed by atoms with E-state index in [1.807, 2.05) is 20.8 Å². The summed E-state index contributed by atoms with van der Waals surface area (Å²) in [6.45, 7) is 7.36. The molecule has 0 radical (unpaired) electrons. The molecule has 7 nitrogen and oxygen atoms in total. The van der Waals surface area contributed by atoms with Gasteiger partial charge in [-0.05, 0) is 40.0 Å². The molecule has 1 unspecified atom stereocenters. The molecule has 1 atom stereocenters. The van der Waals surface area contributed by atoms with E-state index in [4.69, 9.17) is 4.74 Å². The Morgan fingerprint density at radius 2 is 2.09 bits per heavy atom. The monoisotopic (exact) mass is 310 g/mol. The fraction of sp³-hybridized carbons (Fsp3) is 0.800. The van der Waals surface area contributed by atoms with Gasteiger partial charge < -0.3 is 9.64 Å². The number of amides is 2. The number of hydrazine groups is 1. The summed E-state index contributed by atoms with van der Waals surface area (Å²) in [4.78, 5) is 30.1. The summed E-state index contributed by atoms with van der Waals surface area (Å²) < 4.78 is 5.37. The van der Waals surface area contributed by atoms with Crippen molar-refractivity contribution in [2.75, 3.05) is 19.6 Å². The number of carbonyl (C=O) groups is 2. The van der Waals surface area contributed by atoms with E-state index in [-0.39, 0.29) is 17.9 Å². The van der Waals surface area contributed by atoms with Crippen LogP contribution in [0.2, 0.25) is 0 Å². The number of rotatable bonds is 1. The molecule has 2 rings (SSSR count). The van der Waals surface area contributed by atoms with E-state index in [0.717, 1.165) is 38.1 Å². The Labute approximate surface area is 131 Å². The van der Waals surface area contributed by atoms with Crippen LogP contribution in [0.15, 0.2) is 4.99 Å². The molecule has 2 aliphatic rings. The number of hydrogen-bond donors (Lipinski definition) is 2. The van der Waals surface area contributed by atoms with Gasteiger partial charge >= 0.3 is 6.09 Å². The lowest BCUT2D eigenvalue weighted by Crippen LogP contribution is -2.50. The van der Waals surface area contributed by atoms with Gasteiger partial charge in [0.2, 0.25) is 5.91 Å². The van der Waals surface area contributed by atoms with Crippen molar-refractivity contribution in [3.05, 3.63) is 0 Å². The van der Waals surface area contributed by atoms with Crippen molar-refractivity contribution < 1.29 is 14.3 Å². The van der Waals surface area contributed by atoms with Crippen LogP contribution in [-0.2, 0) is 9.53 Å². The van der Waals surface area contributed by atoms with Gasteiger partial charge in [0, 0.05) is 26.1 Å². The first-order valence-corrected chi connectivity index (χ1v) is 7.92. The highest BCUT2D eigenvalue weighted by Gasteiger charge is 2.31. The predicted octanol–water partition coefficient (Wildman–Crippen LogP) is 1.45. The van der Waals surface area contributed by atoms with Gasteiger partial charge in [0.1, 0.15) is 11.4 Å². The van der Waals surface area contributed by atoms with Crippen molar-refractivity contribution >= 4 is 17.8 Å². The minimum Gasteiger partial charge on any atom is -0.444 e. The number of ether oxygens (including phenoxy) is 1. The molecule has 1 saturated heterocycles. The van der Waals surface area contributed by atoms with E-state index in [0.29, 0.717) is 13.1 Å². The third kappa shape index (κ3) is 4.89. The largest absolute Gasteiger partial charge is 0.444 e. The minimum absolute atomic E-state index is 0.0946. The van der Waals surface area contributed by atoms with E-state index >= 15 is 0 Å². The first kappa shape index (κ1) is 16.6. The number of carbonyl (C=O) groups excluding carboxylic acids is 2. The van der Waals surface area contributed by atoms with Crippen LogP contribution < -0.4 is 10.9 Å². The zero-order valence-electron chi connectivity index (χ0n) is 13.6. The minimum atomic E-state index is -0.519. The van der Waals surface area contributed by atoms with Crippen molar-refractivity contribution in [1.29, 1.82) is 0 Å². The topological polar surface area (TPSA) is 83.0 Å². The molecule has 0 bridgehead atoms. The van der Waals surface area contributed by atoms with Gasteiger partial charge in [-0.1, -0.05) is 0 Å². The normalized spacial score (nSPS) is 22.0. The maximum atomic E-state index is 12.2. The van der Waals surface area contributed by atoms with Crippen molar-refractivity contribution in [1.82, 2.24) is 15.8 Å². The van der Waals surface area contributed by atoms with E-state index < -0.39 is 5.60 Å². The van der Waals surface area contributed by atoms with E-state index in [9.17, 15) is 9.59 Å². The van der Waals surface area contributed by atoms with Gasteiger partial charge in [0.15, 0.2) is 0 Å². The fourth-order valence-corrected chi connectivity index (χ4v) is 2.56. The molecular weight excluding hydrogens is 284 g/mol. The summed E-state index contributed by atoms with van der Waals surface area (Å²) in [5.41, 5.74) is 5.06. The Kier molecular flexibility index (Phi) is 5.26. The van der Waals surface area contributed by atoms with Crippen LogP contribution in [-0.4, -0.2) is 48.0 Å². The van der Waals surface area contributed by atoms with E-state index in [1.54, 1.807) is 4.90 Å². The lowest BCUT2D eigenvalue weighted by Gasteiger charge is -2.33. The molecule has 2 heterocycles. The molecule has 0 aromatic heterocycles. The maximum Gasteiger partial charge on any atom is 0.410 e. The van der Waals surface area contributed by atoms with Crippen LogP contribution >= 0.6 is 0 Å². The Bertz CT molecular complexity index is 456. The first-order chi connectivity index (χ1) is 10.3. The van der Waals surface area contributed by atoms with Crippen molar-refractivity contribution in [2.24, 2.45) is 10.9 Å². The second-order valence-corrected chi connectivity index (χ2v) is 6.81. The third-order valence-electron chi connectivity index (χ3n) is 3.65. The summed E-state index contributed by atoms with van der Waals surface area (Å²) in [7, 11) is 0. The maximum absolute atomic E-state index is 12.2. The summed E-state index contributed by atoms with van der Waals surface area (Å²) in [6.07, 6.45) is 3.12.